The lowest BCUT2D eigenvalue weighted by atomic mass is 10.0. The van der Waals surface area contributed by atoms with Crippen molar-refractivity contribution < 1.29 is 33.3 Å². The lowest BCUT2D eigenvalue weighted by Gasteiger charge is -2.19. The van der Waals surface area contributed by atoms with E-state index in [0.717, 1.165) is 16.7 Å². The van der Waals surface area contributed by atoms with Gasteiger partial charge < -0.3 is 29.6 Å². The maximum absolute atomic E-state index is 12.6. The summed E-state index contributed by atoms with van der Waals surface area (Å²) in [5.74, 6) is -0.165. The fourth-order valence-electron chi connectivity index (χ4n) is 4.13. The largest absolute Gasteiger partial charge is 0.485 e. The van der Waals surface area contributed by atoms with Crippen molar-refractivity contribution in [1.82, 2.24) is 10.6 Å². The number of esters is 1. The average molecular weight is 583 g/mol. The Morgan fingerprint density at radius 1 is 0.651 bits per heavy atom. The maximum atomic E-state index is 12.6. The van der Waals surface area contributed by atoms with E-state index < -0.39 is 24.0 Å². The molecule has 9 heteroatoms. The molecule has 222 valence electrons. The van der Waals surface area contributed by atoms with E-state index in [-0.39, 0.29) is 19.6 Å². The van der Waals surface area contributed by atoms with E-state index in [1.807, 2.05) is 91.0 Å². The molecule has 0 bridgehead atoms. The van der Waals surface area contributed by atoms with Gasteiger partial charge in [-0.1, -0.05) is 97.1 Å². The summed E-state index contributed by atoms with van der Waals surface area (Å²) in [6.07, 6.45) is -0.628. The Labute approximate surface area is 250 Å². The molecule has 43 heavy (non-hydrogen) atoms. The number of carbonyl (C=O) groups excluding carboxylic acids is 3. The van der Waals surface area contributed by atoms with Crippen LogP contribution in [0.5, 0.6) is 11.5 Å². The van der Waals surface area contributed by atoms with Crippen LogP contribution in [0, 0.1) is 0 Å². The van der Waals surface area contributed by atoms with Crippen molar-refractivity contribution in [1.29, 1.82) is 0 Å². The third-order valence-corrected chi connectivity index (χ3v) is 6.35. The second-order valence-electron chi connectivity index (χ2n) is 9.59. The topological polar surface area (TPSA) is 112 Å². The van der Waals surface area contributed by atoms with Crippen molar-refractivity contribution in [2.24, 2.45) is 0 Å². The molecule has 0 aliphatic carbocycles. The smallest absolute Gasteiger partial charge is 0.407 e. The minimum absolute atomic E-state index is 0.0683. The van der Waals surface area contributed by atoms with Crippen LogP contribution in [0.2, 0.25) is 0 Å². The molecule has 0 aromatic heterocycles. The second-order valence-corrected chi connectivity index (χ2v) is 9.59. The third kappa shape index (κ3) is 10.2. The number of nitrogens with one attached hydrogen (secondary N) is 2. The zero-order valence-electron chi connectivity index (χ0n) is 23.9. The van der Waals surface area contributed by atoms with Crippen LogP contribution in [0.4, 0.5) is 4.79 Å². The van der Waals surface area contributed by atoms with Gasteiger partial charge in [-0.2, -0.15) is 0 Å². The van der Waals surface area contributed by atoms with Gasteiger partial charge in [0.05, 0.1) is 7.11 Å². The quantitative estimate of drug-likeness (QED) is 0.202. The molecule has 0 saturated carbocycles. The Morgan fingerprint density at radius 3 is 1.74 bits per heavy atom. The number of benzene rings is 4. The van der Waals surface area contributed by atoms with Crippen molar-refractivity contribution in [2.45, 2.75) is 32.3 Å². The molecule has 0 heterocycles. The molecular formula is C34H34N2O7. The number of hydrogen-bond donors (Lipinski definition) is 2. The van der Waals surface area contributed by atoms with Crippen molar-refractivity contribution in [3.8, 4) is 11.5 Å². The Balaban J connectivity index is 1.39. The summed E-state index contributed by atoms with van der Waals surface area (Å²) in [7, 11) is 1.25. The van der Waals surface area contributed by atoms with Gasteiger partial charge in [0, 0.05) is 6.42 Å². The van der Waals surface area contributed by atoms with Crippen molar-refractivity contribution in [3.05, 3.63) is 131 Å². The van der Waals surface area contributed by atoms with E-state index >= 15 is 0 Å². The van der Waals surface area contributed by atoms with Gasteiger partial charge in [-0.25, -0.2) is 9.59 Å². The molecule has 4 rings (SSSR count). The summed E-state index contributed by atoms with van der Waals surface area (Å²) in [5.41, 5.74) is 3.51. The normalized spacial score (nSPS) is 11.1. The highest BCUT2D eigenvalue weighted by Crippen LogP contribution is 2.30. The molecule has 0 aliphatic heterocycles. The first kappa shape index (κ1) is 30.6. The van der Waals surface area contributed by atoms with Gasteiger partial charge in [-0.15, -0.1) is 0 Å². The molecule has 2 amide bonds. The van der Waals surface area contributed by atoms with Gasteiger partial charge in [0.25, 0.3) is 0 Å². The molecule has 0 saturated heterocycles. The number of alkyl carbamates (subject to hydrolysis) is 1. The molecular weight excluding hydrogens is 548 g/mol. The number of ether oxygens (including phenoxy) is 4. The maximum Gasteiger partial charge on any atom is 0.407 e. The van der Waals surface area contributed by atoms with Crippen molar-refractivity contribution in [2.75, 3.05) is 13.7 Å². The van der Waals surface area contributed by atoms with E-state index in [1.54, 1.807) is 18.2 Å². The van der Waals surface area contributed by atoms with Gasteiger partial charge in [0.2, 0.25) is 5.91 Å². The summed E-state index contributed by atoms with van der Waals surface area (Å²) < 4.78 is 22.3. The van der Waals surface area contributed by atoms with Gasteiger partial charge in [-0.05, 0) is 34.4 Å². The van der Waals surface area contributed by atoms with E-state index in [0.29, 0.717) is 30.3 Å². The SMILES string of the molecule is COC(=O)[C@@H](Cc1ccc(OCc2ccccc2)c(OCc2ccccc2)c1)NC(=O)CNC(=O)OCc1ccccc1. The first-order chi connectivity index (χ1) is 21.0. The first-order valence-corrected chi connectivity index (χ1v) is 13.8. The highest BCUT2D eigenvalue weighted by molar-refractivity contribution is 5.87. The van der Waals surface area contributed by atoms with E-state index in [9.17, 15) is 14.4 Å². The van der Waals surface area contributed by atoms with E-state index in [1.165, 1.54) is 7.11 Å². The Bertz CT molecular complexity index is 1460. The van der Waals surface area contributed by atoms with Gasteiger partial charge in [0.1, 0.15) is 32.4 Å². The molecule has 0 radical (unpaired) electrons. The van der Waals surface area contributed by atoms with Crippen molar-refractivity contribution in [3.63, 3.8) is 0 Å². The Morgan fingerprint density at radius 2 is 1.19 bits per heavy atom. The predicted octanol–water partition coefficient (Wildman–Crippen LogP) is 4.97. The number of amides is 2. The molecule has 0 unspecified atom stereocenters. The number of rotatable bonds is 14. The molecule has 4 aromatic rings. The van der Waals surface area contributed by atoms with Gasteiger partial charge in [-0.3, -0.25) is 4.79 Å². The summed E-state index contributed by atoms with van der Waals surface area (Å²) in [5, 5.41) is 5.02. The van der Waals surface area contributed by atoms with Crippen LogP contribution in [0.1, 0.15) is 22.3 Å². The van der Waals surface area contributed by atoms with Crippen LogP contribution in [0.3, 0.4) is 0 Å². The minimum Gasteiger partial charge on any atom is -0.485 e. The molecule has 1 atom stereocenters. The average Bonchev–Trinajstić information content (AvgIpc) is 3.05. The lowest BCUT2D eigenvalue weighted by Crippen LogP contribution is -2.47. The molecule has 0 fully saturated rings. The van der Waals surface area contributed by atoms with Crippen LogP contribution >= 0.6 is 0 Å². The number of methoxy groups -OCH3 is 1. The Kier molecular flexibility index (Phi) is 11.6. The minimum atomic E-state index is -1.00. The molecule has 9 nitrogen and oxygen atoms in total. The summed E-state index contributed by atoms with van der Waals surface area (Å²) in [4.78, 5) is 37.2. The second kappa shape index (κ2) is 16.2. The van der Waals surface area contributed by atoms with Gasteiger partial charge >= 0.3 is 12.1 Å². The van der Waals surface area contributed by atoms with E-state index in [4.69, 9.17) is 18.9 Å². The number of carbonyl (C=O) groups is 3. The molecule has 0 aliphatic rings. The van der Waals surface area contributed by atoms with Gasteiger partial charge in [0.15, 0.2) is 11.5 Å². The summed E-state index contributed by atoms with van der Waals surface area (Å²) >= 11 is 0. The van der Waals surface area contributed by atoms with Crippen LogP contribution < -0.4 is 20.1 Å². The number of hydrogen-bond acceptors (Lipinski definition) is 7. The highest BCUT2D eigenvalue weighted by Gasteiger charge is 2.23. The Hall–Kier alpha value is -5.31. The fourth-order valence-corrected chi connectivity index (χ4v) is 4.13. The zero-order valence-corrected chi connectivity index (χ0v) is 23.9. The molecule has 4 aromatic carbocycles. The van der Waals surface area contributed by atoms with Crippen LogP contribution in [0.15, 0.2) is 109 Å². The summed E-state index contributed by atoms with van der Waals surface area (Å²) in [6.45, 7) is 0.357. The predicted molar refractivity (Wildman–Crippen MR) is 160 cm³/mol. The van der Waals surface area contributed by atoms with Crippen molar-refractivity contribution >= 4 is 18.0 Å². The lowest BCUT2D eigenvalue weighted by molar-refractivity contribution is -0.144. The van der Waals surface area contributed by atoms with Crippen LogP contribution in [-0.2, 0) is 45.3 Å². The standard InChI is InChI=1S/C34H34N2O7/c1-40-33(38)29(36-32(37)21-35-34(39)43-24-27-15-9-4-10-16-27)19-28-17-18-30(41-22-25-11-5-2-6-12-25)31(20-28)42-23-26-13-7-3-8-14-26/h2-18,20,29H,19,21-24H2,1H3,(H,35,39)(H,36,37)/t29-/m1/s1. The zero-order chi connectivity index (χ0) is 30.3. The summed E-state index contributed by atoms with van der Waals surface area (Å²) in [6, 6.07) is 33.0. The van der Waals surface area contributed by atoms with E-state index in [2.05, 4.69) is 10.6 Å². The van der Waals surface area contributed by atoms with Crippen LogP contribution in [-0.4, -0.2) is 37.7 Å². The molecule has 0 spiro atoms. The fraction of sp³-hybridized carbons (Fsp3) is 0.206. The first-order valence-electron chi connectivity index (χ1n) is 13.8. The molecule has 2 N–H and O–H groups in total. The monoisotopic (exact) mass is 582 g/mol. The third-order valence-electron chi connectivity index (χ3n) is 6.35. The van der Waals surface area contributed by atoms with Crippen LogP contribution in [0.25, 0.3) is 0 Å². The highest BCUT2D eigenvalue weighted by atomic mass is 16.5.